The number of aromatic nitrogens is 3. The third-order valence-electron chi connectivity index (χ3n) is 5.02. The minimum atomic E-state index is -0.377. The molecule has 0 radical (unpaired) electrons. The van der Waals surface area contributed by atoms with Crippen molar-refractivity contribution in [1.82, 2.24) is 20.1 Å². The molecule has 1 aliphatic rings. The molecule has 1 aromatic carbocycles. The lowest BCUT2D eigenvalue weighted by atomic mass is 10.0. The molecule has 3 aromatic rings. The predicted octanol–water partition coefficient (Wildman–Crippen LogP) is 3.97. The van der Waals surface area contributed by atoms with Crippen LogP contribution in [-0.4, -0.2) is 33.8 Å². The molecule has 0 spiro atoms. The van der Waals surface area contributed by atoms with E-state index in [1.165, 1.54) is 12.3 Å². The quantitative estimate of drug-likeness (QED) is 0.650. The average molecular weight is 381 g/mol. The van der Waals surface area contributed by atoms with Crippen LogP contribution in [0.4, 0.5) is 10.1 Å². The zero-order chi connectivity index (χ0) is 19.7. The molecule has 7 heteroatoms. The lowest BCUT2D eigenvalue weighted by molar-refractivity contribution is 0.0951. The zero-order valence-corrected chi connectivity index (χ0v) is 16.1. The van der Waals surface area contributed by atoms with Gasteiger partial charge in [-0.3, -0.25) is 14.5 Å². The molecule has 0 aliphatic heterocycles. The Bertz CT molecular complexity index is 1030. The van der Waals surface area contributed by atoms with Crippen molar-refractivity contribution in [2.24, 2.45) is 0 Å². The van der Waals surface area contributed by atoms with Crippen LogP contribution in [0.5, 0.6) is 0 Å². The van der Waals surface area contributed by atoms with E-state index < -0.39 is 0 Å². The smallest absolute Gasteiger partial charge is 0.255 e. The zero-order valence-electron chi connectivity index (χ0n) is 16.1. The number of hydrogen-bond donors (Lipinski definition) is 2. The molecule has 1 saturated carbocycles. The summed E-state index contributed by atoms with van der Waals surface area (Å²) >= 11 is 0. The largest absolute Gasteiger partial charge is 0.387 e. The summed E-state index contributed by atoms with van der Waals surface area (Å²) < 4.78 is 16.6. The van der Waals surface area contributed by atoms with E-state index in [0.717, 1.165) is 32.2 Å². The predicted molar refractivity (Wildman–Crippen MR) is 108 cm³/mol. The Kier molecular flexibility index (Phi) is 4.98. The summed E-state index contributed by atoms with van der Waals surface area (Å²) in [6.45, 7) is 2.93. The number of halogens is 1. The Balaban J connectivity index is 1.76. The maximum atomic E-state index is 14.8. The van der Waals surface area contributed by atoms with Crippen LogP contribution in [0.3, 0.4) is 0 Å². The molecular weight excluding hydrogens is 357 g/mol. The van der Waals surface area contributed by atoms with Gasteiger partial charge in [0.2, 0.25) is 0 Å². The summed E-state index contributed by atoms with van der Waals surface area (Å²) in [6.07, 6.45) is 7.49. The monoisotopic (exact) mass is 381 g/mol. The van der Waals surface area contributed by atoms with E-state index in [4.69, 9.17) is 0 Å². The molecule has 2 aromatic heterocycles. The number of rotatable bonds is 7. The minimum Gasteiger partial charge on any atom is -0.387 e. The first kappa shape index (κ1) is 18.4. The van der Waals surface area contributed by atoms with Gasteiger partial charge < -0.3 is 10.6 Å². The number of aryl methyl sites for hydroxylation is 1. The Morgan fingerprint density at radius 2 is 2.18 bits per heavy atom. The van der Waals surface area contributed by atoms with E-state index in [-0.39, 0.29) is 17.8 Å². The average Bonchev–Trinajstić information content (AvgIpc) is 3.38. The summed E-state index contributed by atoms with van der Waals surface area (Å²) in [5.74, 6) is -0.533. The number of anilines is 1. The molecule has 1 amide bonds. The summed E-state index contributed by atoms with van der Waals surface area (Å²) in [6, 6.07) is 5.20. The van der Waals surface area contributed by atoms with E-state index in [9.17, 15) is 9.18 Å². The fourth-order valence-corrected chi connectivity index (χ4v) is 3.29. The summed E-state index contributed by atoms with van der Waals surface area (Å²) in [4.78, 5) is 16.9. The highest BCUT2D eigenvalue weighted by Gasteiger charge is 2.26. The van der Waals surface area contributed by atoms with Crippen molar-refractivity contribution >= 4 is 22.5 Å². The van der Waals surface area contributed by atoms with Gasteiger partial charge in [-0.25, -0.2) is 4.39 Å². The number of nitrogens with zero attached hydrogens (tertiary/aromatic N) is 3. The van der Waals surface area contributed by atoms with Crippen LogP contribution in [0, 0.1) is 5.82 Å². The number of amides is 1. The third-order valence-corrected chi connectivity index (χ3v) is 5.02. The van der Waals surface area contributed by atoms with Gasteiger partial charge in [0.15, 0.2) is 0 Å². The van der Waals surface area contributed by atoms with Gasteiger partial charge in [-0.15, -0.1) is 0 Å². The Morgan fingerprint density at radius 3 is 2.89 bits per heavy atom. The number of unbranched alkanes of at least 4 members (excludes halogenated alkanes) is 1. The molecule has 28 heavy (non-hydrogen) atoms. The van der Waals surface area contributed by atoms with Gasteiger partial charge in [-0.2, -0.15) is 5.10 Å². The van der Waals surface area contributed by atoms with Crippen LogP contribution in [0.15, 0.2) is 30.6 Å². The van der Waals surface area contributed by atoms with E-state index in [0.29, 0.717) is 33.4 Å². The van der Waals surface area contributed by atoms with E-state index in [1.54, 1.807) is 13.1 Å². The van der Waals surface area contributed by atoms with Crippen LogP contribution in [0.2, 0.25) is 0 Å². The second-order valence-corrected chi connectivity index (χ2v) is 7.21. The first-order valence-corrected chi connectivity index (χ1v) is 9.75. The van der Waals surface area contributed by atoms with Gasteiger partial charge in [-0.05, 0) is 31.4 Å². The molecule has 2 N–H and O–H groups in total. The Morgan fingerprint density at radius 1 is 1.36 bits per heavy atom. The van der Waals surface area contributed by atoms with Crippen LogP contribution in [0.1, 0.15) is 43.0 Å². The maximum absolute atomic E-state index is 14.8. The number of benzene rings is 1. The highest BCUT2D eigenvalue weighted by Crippen LogP contribution is 2.32. The molecular formula is C21H24FN5O. The SMILES string of the molecule is CCCCn1ccc(-c2cc3c(NC)c(C(=O)NC4CC4)cnc3cc2F)n1. The van der Waals surface area contributed by atoms with Crippen molar-refractivity contribution in [3.05, 3.63) is 42.0 Å². The van der Waals surface area contributed by atoms with Gasteiger partial charge in [-0.1, -0.05) is 13.3 Å². The van der Waals surface area contributed by atoms with Gasteiger partial charge in [0.05, 0.1) is 22.5 Å². The molecule has 0 bridgehead atoms. The fourth-order valence-electron chi connectivity index (χ4n) is 3.29. The Labute approximate surface area is 163 Å². The lowest BCUT2D eigenvalue weighted by Gasteiger charge is -2.13. The molecule has 4 rings (SSSR count). The summed E-state index contributed by atoms with van der Waals surface area (Å²) in [5.41, 5.74) is 2.59. The number of carbonyl (C=O) groups excluding carboxylic acids is 1. The van der Waals surface area contributed by atoms with Crippen molar-refractivity contribution in [2.45, 2.75) is 45.2 Å². The molecule has 0 atom stereocenters. The topological polar surface area (TPSA) is 71.8 Å². The number of hydrogen-bond acceptors (Lipinski definition) is 4. The standard InChI is InChI=1S/C21H24FN5O/c1-3-4-8-27-9-7-18(26-27)14-10-15-19(11-17(14)22)24-12-16(20(15)23-2)21(28)25-13-5-6-13/h7,9-13H,3-6,8H2,1-2H3,(H,23,24)(H,25,28). The van der Waals surface area contributed by atoms with Crippen LogP contribution >= 0.6 is 0 Å². The van der Waals surface area contributed by atoms with Crippen LogP contribution in [-0.2, 0) is 6.54 Å². The van der Waals surface area contributed by atoms with E-state index >= 15 is 0 Å². The number of nitrogens with one attached hydrogen (secondary N) is 2. The lowest BCUT2D eigenvalue weighted by Crippen LogP contribution is -2.26. The molecule has 6 nitrogen and oxygen atoms in total. The summed E-state index contributed by atoms with van der Waals surface area (Å²) in [7, 11) is 1.76. The fraction of sp³-hybridized carbons (Fsp3) is 0.381. The van der Waals surface area contributed by atoms with Crippen molar-refractivity contribution in [2.75, 3.05) is 12.4 Å². The molecule has 1 fully saturated rings. The second-order valence-electron chi connectivity index (χ2n) is 7.21. The minimum absolute atomic E-state index is 0.157. The van der Waals surface area contributed by atoms with E-state index in [1.807, 2.05) is 16.9 Å². The summed E-state index contributed by atoms with van der Waals surface area (Å²) in [5, 5.41) is 11.3. The van der Waals surface area contributed by atoms with Crippen LogP contribution in [0.25, 0.3) is 22.2 Å². The molecule has 146 valence electrons. The number of fused-ring (bicyclic) bond motifs is 1. The Hall–Kier alpha value is -2.96. The molecule has 0 saturated heterocycles. The first-order chi connectivity index (χ1) is 13.6. The van der Waals surface area contributed by atoms with Gasteiger partial charge in [0, 0.05) is 49.0 Å². The van der Waals surface area contributed by atoms with Gasteiger partial charge in [0.25, 0.3) is 5.91 Å². The van der Waals surface area contributed by atoms with Crippen LogP contribution < -0.4 is 10.6 Å². The highest BCUT2D eigenvalue weighted by molar-refractivity contribution is 6.07. The first-order valence-electron chi connectivity index (χ1n) is 9.75. The third kappa shape index (κ3) is 3.56. The normalized spacial score (nSPS) is 13.7. The van der Waals surface area contributed by atoms with E-state index in [2.05, 4.69) is 27.6 Å². The van der Waals surface area contributed by atoms with Gasteiger partial charge >= 0.3 is 0 Å². The number of pyridine rings is 1. The van der Waals surface area contributed by atoms with Crippen molar-refractivity contribution in [3.8, 4) is 11.3 Å². The molecule has 2 heterocycles. The maximum Gasteiger partial charge on any atom is 0.255 e. The van der Waals surface area contributed by atoms with Crippen molar-refractivity contribution in [1.29, 1.82) is 0 Å². The second kappa shape index (κ2) is 7.58. The van der Waals surface area contributed by atoms with Gasteiger partial charge in [0.1, 0.15) is 5.82 Å². The van der Waals surface area contributed by atoms with Crippen molar-refractivity contribution < 1.29 is 9.18 Å². The number of carbonyl (C=O) groups is 1. The van der Waals surface area contributed by atoms with Crippen molar-refractivity contribution in [3.63, 3.8) is 0 Å². The molecule has 0 unspecified atom stereocenters. The molecule has 1 aliphatic carbocycles. The highest BCUT2D eigenvalue weighted by atomic mass is 19.1.